The van der Waals surface area contributed by atoms with Crippen molar-refractivity contribution < 1.29 is 4.79 Å². The zero-order chi connectivity index (χ0) is 16.8. The van der Waals surface area contributed by atoms with Gasteiger partial charge in [-0.3, -0.25) is 9.69 Å². The SMILES string of the molecule is Cc1csc(N(C(=O)CCSc2ccccc2)c2ccccc2)n1. The fourth-order valence-electron chi connectivity index (χ4n) is 2.27. The van der Waals surface area contributed by atoms with E-state index in [-0.39, 0.29) is 5.91 Å². The summed E-state index contributed by atoms with van der Waals surface area (Å²) in [5, 5.41) is 2.70. The highest BCUT2D eigenvalue weighted by Crippen LogP contribution is 2.29. The number of hydrogen-bond acceptors (Lipinski definition) is 4. The van der Waals surface area contributed by atoms with Crippen LogP contribution in [0.15, 0.2) is 70.9 Å². The molecular formula is C19H18N2OS2. The summed E-state index contributed by atoms with van der Waals surface area (Å²) in [6.07, 6.45) is 0.465. The predicted octanol–water partition coefficient (Wildman–Crippen LogP) is 5.30. The molecule has 0 aliphatic carbocycles. The van der Waals surface area contributed by atoms with E-state index in [1.165, 1.54) is 16.2 Å². The van der Waals surface area contributed by atoms with Gasteiger partial charge in [0.1, 0.15) is 0 Å². The lowest BCUT2D eigenvalue weighted by Crippen LogP contribution is -2.26. The molecule has 3 aromatic rings. The van der Waals surface area contributed by atoms with Crippen LogP contribution in [0.2, 0.25) is 0 Å². The molecule has 0 bridgehead atoms. The molecule has 3 rings (SSSR count). The minimum atomic E-state index is 0.0685. The van der Waals surface area contributed by atoms with Crippen LogP contribution in [-0.4, -0.2) is 16.6 Å². The minimum Gasteiger partial charge on any atom is -0.274 e. The summed E-state index contributed by atoms with van der Waals surface area (Å²) in [4.78, 5) is 20.2. The van der Waals surface area contributed by atoms with Gasteiger partial charge in [0.25, 0.3) is 0 Å². The molecule has 0 aliphatic heterocycles. The fourth-order valence-corrected chi connectivity index (χ4v) is 3.97. The van der Waals surface area contributed by atoms with Crippen LogP contribution in [0.4, 0.5) is 10.8 Å². The zero-order valence-electron chi connectivity index (χ0n) is 13.4. The number of amides is 1. The van der Waals surface area contributed by atoms with E-state index >= 15 is 0 Å². The van der Waals surface area contributed by atoms with Gasteiger partial charge in [0.05, 0.1) is 11.4 Å². The van der Waals surface area contributed by atoms with Gasteiger partial charge < -0.3 is 0 Å². The maximum atomic E-state index is 12.8. The molecule has 0 spiro atoms. The average molecular weight is 355 g/mol. The van der Waals surface area contributed by atoms with Crippen molar-refractivity contribution in [2.45, 2.75) is 18.2 Å². The van der Waals surface area contributed by atoms with Crippen LogP contribution in [-0.2, 0) is 4.79 Å². The van der Waals surface area contributed by atoms with E-state index in [9.17, 15) is 4.79 Å². The van der Waals surface area contributed by atoms with Crippen molar-refractivity contribution in [1.29, 1.82) is 0 Å². The number of carbonyl (C=O) groups is 1. The van der Waals surface area contributed by atoms with E-state index in [4.69, 9.17) is 0 Å². The highest BCUT2D eigenvalue weighted by molar-refractivity contribution is 7.99. The van der Waals surface area contributed by atoms with Crippen LogP contribution >= 0.6 is 23.1 Å². The second-order valence-corrected chi connectivity index (χ2v) is 7.25. The van der Waals surface area contributed by atoms with Gasteiger partial charge in [-0.2, -0.15) is 0 Å². The minimum absolute atomic E-state index is 0.0685. The number of aryl methyl sites for hydroxylation is 1. The van der Waals surface area contributed by atoms with Gasteiger partial charge in [-0.15, -0.1) is 23.1 Å². The molecule has 0 fully saturated rings. The first-order chi connectivity index (χ1) is 11.7. The molecule has 0 radical (unpaired) electrons. The Morgan fingerprint density at radius 3 is 2.38 bits per heavy atom. The quantitative estimate of drug-likeness (QED) is 0.563. The molecule has 1 aromatic heterocycles. The van der Waals surface area contributed by atoms with Gasteiger partial charge in [-0.05, 0) is 31.2 Å². The van der Waals surface area contributed by atoms with E-state index in [0.29, 0.717) is 6.42 Å². The first-order valence-electron chi connectivity index (χ1n) is 7.72. The van der Waals surface area contributed by atoms with Crippen molar-refractivity contribution in [2.75, 3.05) is 10.7 Å². The van der Waals surface area contributed by atoms with Gasteiger partial charge in [0.15, 0.2) is 5.13 Å². The number of rotatable bonds is 6. The molecule has 1 amide bonds. The van der Waals surface area contributed by atoms with Crippen LogP contribution in [0.25, 0.3) is 0 Å². The highest BCUT2D eigenvalue weighted by Gasteiger charge is 2.20. The maximum Gasteiger partial charge on any atom is 0.234 e. The van der Waals surface area contributed by atoms with Crippen LogP contribution in [0.3, 0.4) is 0 Å². The predicted molar refractivity (Wildman–Crippen MR) is 102 cm³/mol. The number of thiazole rings is 1. The molecule has 0 unspecified atom stereocenters. The summed E-state index contributed by atoms with van der Waals surface area (Å²) in [5.74, 6) is 0.815. The second kappa shape index (κ2) is 8.13. The zero-order valence-corrected chi connectivity index (χ0v) is 15.0. The Morgan fingerprint density at radius 2 is 1.75 bits per heavy atom. The van der Waals surface area contributed by atoms with Crippen LogP contribution < -0.4 is 4.90 Å². The summed E-state index contributed by atoms with van der Waals surface area (Å²) in [7, 11) is 0. The van der Waals surface area contributed by atoms with Gasteiger partial charge >= 0.3 is 0 Å². The molecule has 3 nitrogen and oxygen atoms in total. The van der Waals surface area contributed by atoms with Gasteiger partial charge in [0.2, 0.25) is 5.91 Å². The summed E-state index contributed by atoms with van der Waals surface area (Å²) < 4.78 is 0. The van der Waals surface area contributed by atoms with Crippen molar-refractivity contribution in [3.05, 3.63) is 71.7 Å². The Kier molecular flexibility index (Phi) is 5.67. The lowest BCUT2D eigenvalue weighted by molar-refractivity contribution is -0.117. The molecule has 0 saturated heterocycles. The molecule has 0 atom stereocenters. The van der Waals surface area contributed by atoms with Crippen molar-refractivity contribution >= 4 is 39.8 Å². The van der Waals surface area contributed by atoms with Crippen molar-refractivity contribution in [2.24, 2.45) is 0 Å². The Hall–Kier alpha value is -2.11. The summed E-state index contributed by atoms with van der Waals surface area (Å²) in [6.45, 7) is 1.94. The Balaban J connectivity index is 1.72. The number of hydrogen-bond donors (Lipinski definition) is 0. The molecule has 1 heterocycles. The van der Waals surface area contributed by atoms with Crippen LogP contribution in [0.5, 0.6) is 0 Å². The molecular weight excluding hydrogens is 336 g/mol. The Morgan fingerprint density at radius 1 is 1.08 bits per heavy atom. The third-order valence-corrected chi connectivity index (χ3v) is 5.35. The van der Waals surface area contributed by atoms with E-state index in [0.717, 1.165) is 22.3 Å². The van der Waals surface area contributed by atoms with Crippen LogP contribution in [0, 0.1) is 6.92 Å². The second-order valence-electron chi connectivity index (χ2n) is 5.25. The summed E-state index contributed by atoms with van der Waals surface area (Å²) in [5.41, 5.74) is 1.80. The number of aromatic nitrogens is 1. The normalized spacial score (nSPS) is 10.5. The maximum absolute atomic E-state index is 12.8. The Bertz CT molecular complexity index is 787. The number of nitrogens with zero attached hydrogens (tertiary/aromatic N) is 2. The van der Waals surface area contributed by atoms with Crippen molar-refractivity contribution in [3.63, 3.8) is 0 Å². The first-order valence-corrected chi connectivity index (χ1v) is 9.58. The topological polar surface area (TPSA) is 33.2 Å². The molecule has 122 valence electrons. The molecule has 0 aliphatic rings. The highest BCUT2D eigenvalue weighted by atomic mass is 32.2. The number of para-hydroxylation sites is 1. The van der Waals surface area contributed by atoms with E-state index < -0.39 is 0 Å². The van der Waals surface area contributed by atoms with Crippen LogP contribution in [0.1, 0.15) is 12.1 Å². The monoisotopic (exact) mass is 354 g/mol. The smallest absolute Gasteiger partial charge is 0.234 e. The third-order valence-electron chi connectivity index (χ3n) is 3.39. The number of carbonyl (C=O) groups excluding carboxylic acids is 1. The van der Waals surface area contributed by atoms with E-state index in [2.05, 4.69) is 17.1 Å². The average Bonchev–Trinajstić information content (AvgIpc) is 3.03. The largest absolute Gasteiger partial charge is 0.274 e. The number of anilines is 2. The van der Waals surface area contributed by atoms with Crippen molar-refractivity contribution in [1.82, 2.24) is 4.98 Å². The standard InChI is InChI=1S/C19H18N2OS2/c1-15-14-24-19(20-15)21(16-8-4-2-5-9-16)18(22)12-13-23-17-10-6-3-7-11-17/h2-11,14H,12-13H2,1H3. The number of thioether (sulfide) groups is 1. The summed E-state index contributed by atoms with van der Waals surface area (Å²) >= 11 is 3.20. The first kappa shape index (κ1) is 16.7. The van der Waals surface area contributed by atoms with Gasteiger partial charge in [0, 0.05) is 22.4 Å². The van der Waals surface area contributed by atoms with E-state index in [1.807, 2.05) is 60.8 Å². The molecule has 0 N–H and O–H groups in total. The van der Waals surface area contributed by atoms with Gasteiger partial charge in [-0.1, -0.05) is 36.4 Å². The molecule has 5 heteroatoms. The van der Waals surface area contributed by atoms with E-state index in [1.54, 1.807) is 16.7 Å². The third kappa shape index (κ3) is 4.24. The molecule has 0 saturated carbocycles. The van der Waals surface area contributed by atoms with Crippen molar-refractivity contribution in [3.8, 4) is 0 Å². The number of benzene rings is 2. The van der Waals surface area contributed by atoms with Gasteiger partial charge in [-0.25, -0.2) is 4.98 Å². The Labute approximate surface area is 150 Å². The molecule has 24 heavy (non-hydrogen) atoms. The molecule has 2 aromatic carbocycles. The lowest BCUT2D eigenvalue weighted by atomic mass is 10.3. The lowest BCUT2D eigenvalue weighted by Gasteiger charge is -2.20. The fraction of sp³-hybridized carbons (Fsp3) is 0.158. The summed E-state index contributed by atoms with van der Waals surface area (Å²) in [6, 6.07) is 19.9.